The van der Waals surface area contributed by atoms with Gasteiger partial charge in [-0.3, -0.25) is 10.4 Å². The molecule has 0 aromatic heterocycles. The number of allylic oxidation sites excluding steroid dienone is 4. The molecule has 1 saturated heterocycles. The van der Waals surface area contributed by atoms with Gasteiger partial charge < -0.3 is 37.1 Å². The Labute approximate surface area is 182 Å². The number of hydrogen-bond donors (Lipinski definition) is 7. The van der Waals surface area contributed by atoms with Crippen molar-refractivity contribution < 1.29 is 4.74 Å². The predicted octanol–water partition coefficient (Wildman–Crippen LogP) is 1.34. The molecule has 0 atom stereocenters. The van der Waals surface area contributed by atoms with E-state index < -0.39 is 0 Å². The van der Waals surface area contributed by atoms with E-state index in [0.29, 0.717) is 24.9 Å². The van der Waals surface area contributed by atoms with Crippen LogP contribution in [0, 0.1) is 16.7 Å². The molecule has 9 nitrogen and oxygen atoms in total. The summed E-state index contributed by atoms with van der Waals surface area (Å²) in [5.74, 6) is 1.50. The van der Waals surface area contributed by atoms with Gasteiger partial charge >= 0.3 is 0 Å². The molecule has 0 spiro atoms. The quantitative estimate of drug-likeness (QED) is 0.232. The summed E-state index contributed by atoms with van der Waals surface area (Å²) in [6.07, 6.45) is 12.4. The Balaban J connectivity index is 1.74. The van der Waals surface area contributed by atoms with Gasteiger partial charge in [0.15, 0.2) is 0 Å². The summed E-state index contributed by atoms with van der Waals surface area (Å²) in [6.45, 7) is 5.17. The Kier molecular flexibility index (Phi) is 7.09. The number of rotatable bonds is 8. The van der Waals surface area contributed by atoms with Gasteiger partial charge in [-0.25, -0.2) is 0 Å². The Morgan fingerprint density at radius 3 is 2.71 bits per heavy atom. The molecule has 9 heteroatoms. The van der Waals surface area contributed by atoms with Crippen LogP contribution in [0.4, 0.5) is 0 Å². The zero-order valence-corrected chi connectivity index (χ0v) is 18.0. The second-order valence-electron chi connectivity index (χ2n) is 7.62. The fourth-order valence-electron chi connectivity index (χ4n) is 3.07. The summed E-state index contributed by atoms with van der Waals surface area (Å²) < 4.78 is 5.18. The summed E-state index contributed by atoms with van der Waals surface area (Å²) in [7, 11) is 1.82. The van der Waals surface area contributed by atoms with Gasteiger partial charge in [0, 0.05) is 36.8 Å². The highest BCUT2D eigenvalue weighted by Crippen LogP contribution is 2.23. The van der Waals surface area contributed by atoms with Gasteiger partial charge in [0.05, 0.1) is 30.6 Å². The molecule has 164 valence electrons. The van der Waals surface area contributed by atoms with Crippen LogP contribution in [-0.4, -0.2) is 44.2 Å². The van der Waals surface area contributed by atoms with E-state index in [-0.39, 0.29) is 17.8 Å². The van der Waals surface area contributed by atoms with E-state index in [9.17, 15) is 0 Å². The number of fused-ring (bicyclic) bond motifs is 1. The minimum atomic E-state index is 0.0998. The van der Waals surface area contributed by atoms with E-state index in [1.54, 1.807) is 6.08 Å². The fourth-order valence-corrected chi connectivity index (χ4v) is 3.07. The maximum atomic E-state index is 8.19. The molecule has 3 aliphatic heterocycles. The van der Waals surface area contributed by atoms with Crippen LogP contribution in [0.3, 0.4) is 0 Å². The fraction of sp³-hybridized carbons (Fsp3) is 0.318. The van der Waals surface area contributed by atoms with Crippen molar-refractivity contribution in [3.8, 4) is 0 Å². The lowest BCUT2D eigenvalue weighted by Crippen LogP contribution is -2.36. The van der Waals surface area contributed by atoms with Crippen LogP contribution in [-0.2, 0) is 4.74 Å². The lowest BCUT2D eigenvalue weighted by atomic mass is 10.0. The summed E-state index contributed by atoms with van der Waals surface area (Å²) in [6, 6.07) is 0.0998. The van der Waals surface area contributed by atoms with Gasteiger partial charge in [0.2, 0.25) is 0 Å². The standard InChI is InChI=1S/C22H30N8O/c1-13(2)14(8-23)7-20(24)30-21-5-4-18-19(29-21)6-15(9-27-18)17(10-26-3)22(25)28-16-11-31-12-16/h4-10,13,16,23,26-27,29H,11-12H2,1-3H3,(H2,24,30)(H2,25,28)/b14-7?,17-10-,23-8?. The molecule has 1 fully saturated rings. The average Bonchev–Trinajstić information content (AvgIpc) is 2.72. The normalized spacial score (nSPS) is 19.5. The van der Waals surface area contributed by atoms with Crippen LogP contribution in [0.25, 0.3) is 0 Å². The van der Waals surface area contributed by atoms with E-state index in [1.807, 2.05) is 51.5 Å². The van der Waals surface area contributed by atoms with Crippen LogP contribution >= 0.6 is 0 Å². The van der Waals surface area contributed by atoms with Gasteiger partial charge in [0.25, 0.3) is 0 Å². The zero-order chi connectivity index (χ0) is 22.4. The molecule has 0 radical (unpaired) electrons. The molecule has 0 aromatic rings. The van der Waals surface area contributed by atoms with Gasteiger partial charge in [-0.2, -0.15) is 0 Å². The Bertz CT molecular complexity index is 958. The lowest BCUT2D eigenvalue weighted by molar-refractivity contribution is 0.0133. The van der Waals surface area contributed by atoms with Gasteiger partial charge in [-0.15, -0.1) is 0 Å². The molecule has 0 bridgehead atoms. The van der Waals surface area contributed by atoms with Crippen molar-refractivity contribution in [3.63, 3.8) is 0 Å². The molecular formula is C22H30N8O. The molecular weight excluding hydrogens is 392 g/mol. The minimum absolute atomic E-state index is 0.0998. The molecule has 0 aliphatic carbocycles. The number of nitrogens with one attached hydrogen (secondary N) is 6. The summed E-state index contributed by atoms with van der Waals surface area (Å²) >= 11 is 0. The summed E-state index contributed by atoms with van der Waals surface area (Å²) in [5, 5.41) is 28.3. The van der Waals surface area contributed by atoms with E-state index in [0.717, 1.165) is 28.1 Å². The molecule has 3 aliphatic rings. The molecule has 8 N–H and O–H groups in total. The third-order valence-electron chi connectivity index (χ3n) is 4.89. The maximum absolute atomic E-state index is 8.19. The Morgan fingerprint density at radius 2 is 2.10 bits per heavy atom. The van der Waals surface area contributed by atoms with Crippen molar-refractivity contribution in [2.24, 2.45) is 16.6 Å². The monoisotopic (exact) mass is 422 g/mol. The van der Waals surface area contributed by atoms with E-state index >= 15 is 0 Å². The zero-order valence-electron chi connectivity index (χ0n) is 18.0. The van der Waals surface area contributed by atoms with E-state index in [4.69, 9.17) is 21.3 Å². The third kappa shape index (κ3) is 5.52. The maximum Gasteiger partial charge on any atom is 0.128 e. The molecule has 31 heavy (non-hydrogen) atoms. The highest BCUT2D eigenvalue weighted by Gasteiger charge is 2.21. The van der Waals surface area contributed by atoms with Crippen molar-refractivity contribution in [2.75, 3.05) is 20.3 Å². The van der Waals surface area contributed by atoms with Crippen molar-refractivity contribution >= 4 is 17.9 Å². The van der Waals surface area contributed by atoms with Crippen molar-refractivity contribution in [3.05, 3.63) is 70.6 Å². The number of ether oxygens (including phenoxy) is 1. The van der Waals surface area contributed by atoms with Crippen molar-refractivity contribution in [1.29, 1.82) is 10.8 Å². The highest BCUT2D eigenvalue weighted by molar-refractivity contribution is 6.02. The van der Waals surface area contributed by atoms with Crippen LogP contribution in [0.1, 0.15) is 13.8 Å². The first-order valence-electron chi connectivity index (χ1n) is 10.2. The molecule has 0 aromatic carbocycles. The number of nitrogens with zero attached hydrogens (tertiary/aromatic N) is 1. The van der Waals surface area contributed by atoms with Crippen LogP contribution in [0.15, 0.2) is 75.6 Å². The molecule has 0 unspecified atom stereocenters. The van der Waals surface area contributed by atoms with Gasteiger partial charge in [-0.05, 0) is 35.8 Å². The van der Waals surface area contributed by atoms with Crippen LogP contribution < -0.4 is 27.0 Å². The van der Waals surface area contributed by atoms with Crippen LogP contribution in [0.5, 0.6) is 0 Å². The molecule has 0 saturated carbocycles. The predicted molar refractivity (Wildman–Crippen MR) is 125 cm³/mol. The number of amidine groups is 2. The second-order valence-corrected chi connectivity index (χ2v) is 7.62. The van der Waals surface area contributed by atoms with Crippen molar-refractivity contribution in [2.45, 2.75) is 19.9 Å². The lowest BCUT2D eigenvalue weighted by Gasteiger charge is -2.26. The van der Waals surface area contributed by atoms with E-state index in [2.05, 4.69) is 26.3 Å². The van der Waals surface area contributed by atoms with Gasteiger partial charge in [0.1, 0.15) is 17.5 Å². The SMILES string of the molecule is CN/C=C(/C1=CNC2=CC=C(NC(=N)C=C(C=N)C(C)C)NC2=C1)C(N)=NC1COC1. The first-order chi connectivity index (χ1) is 14.9. The summed E-state index contributed by atoms with van der Waals surface area (Å²) in [4.78, 5) is 4.54. The topological polar surface area (TPSA) is 143 Å². The number of nitrogens with two attached hydrogens (primary N) is 1. The summed E-state index contributed by atoms with van der Waals surface area (Å²) in [5.41, 5.74) is 10.5. The Hall–Kier alpha value is -3.59. The average molecular weight is 423 g/mol. The smallest absolute Gasteiger partial charge is 0.128 e. The highest BCUT2D eigenvalue weighted by atomic mass is 16.5. The molecule has 3 rings (SSSR count). The molecule has 3 heterocycles. The minimum Gasteiger partial charge on any atom is -0.393 e. The van der Waals surface area contributed by atoms with Crippen LogP contribution in [0.2, 0.25) is 0 Å². The molecule has 0 amide bonds. The number of aliphatic imine (C=N–C) groups is 1. The number of hydrogen-bond acceptors (Lipinski definition) is 7. The number of dihydropyridines is 2. The largest absolute Gasteiger partial charge is 0.393 e. The first kappa shape index (κ1) is 22.1. The van der Waals surface area contributed by atoms with Crippen molar-refractivity contribution in [1.82, 2.24) is 21.3 Å². The van der Waals surface area contributed by atoms with E-state index in [1.165, 1.54) is 6.21 Å². The van der Waals surface area contributed by atoms with Gasteiger partial charge in [-0.1, -0.05) is 13.8 Å². The Morgan fingerprint density at radius 1 is 1.32 bits per heavy atom. The second kappa shape index (κ2) is 9.94. The third-order valence-corrected chi connectivity index (χ3v) is 4.89. The first-order valence-corrected chi connectivity index (χ1v) is 10.2.